The van der Waals surface area contributed by atoms with Crippen LogP contribution in [0.5, 0.6) is 5.75 Å². The maximum atomic E-state index is 14.8. The summed E-state index contributed by atoms with van der Waals surface area (Å²) >= 11 is 0.641. The van der Waals surface area contributed by atoms with Crippen molar-refractivity contribution in [1.29, 1.82) is 0 Å². The van der Waals surface area contributed by atoms with Gasteiger partial charge in [-0.3, -0.25) is 4.79 Å². The van der Waals surface area contributed by atoms with Gasteiger partial charge in [-0.05, 0) is 44.7 Å². The number of nitrogens with one attached hydrogen (secondary N) is 1. The third kappa shape index (κ3) is 5.61. The fraction of sp³-hybridized carbons (Fsp3) is 0.600. The molecule has 1 amide bonds. The van der Waals surface area contributed by atoms with Gasteiger partial charge in [0.2, 0.25) is 5.91 Å². The molecule has 166 valence electrons. The van der Waals surface area contributed by atoms with Crippen molar-refractivity contribution >= 4 is 27.5 Å². The van der Waals surface area contributed by atoms with Gasteiger partial charge in [0.1, 0.15) is 6.61 Å². The first kappa shape index (κ1) is 22.8. The van der Waals surface area contributed by atoms with Crippen molar-refractivity contribution in [3.63, 3.8) is 0 Å². The minimum atomic E-state index is -3.12. The van der Waals surface area contributed by atoms with Crippen LogP contribution in [0.3, 0.4) is 0 Å². The molecule has 1 atom stereocenters. The summed E-state index contributed by atoms with van der Waals surface area (Å²) in [6.45, 7) is 2.31. The van der Waals surface area contributed by atoms with Gasteiger partial charge in [0.15, 0.2) is 16.6 Å². The largest absolute Gasteiger partial charge is 0.487 e. The third-order valence-corrected chi connectivity index (χ3v) is 6.12. The number of hydrogen-bond acceptors (Lipinski definition) is 6. The van der Waals surface area contributed by atoms with Crippen LogP contribution in [-0.2, 0) is 15.5 Å². The van der Waals surface area contributed by atoms with E-state index in [0.717, 1.165) is 19.8 Å². The third-order valence-electron chi connectivity index (χ3n) is 4.88. The molecule has 30 heavy (non-hydrogen) atoms. The van der Waals surface area contributed by atoms with Crippen LogP contribution in [0.25, 0.3) is 10.2 Å². The van der Waals surface area contributed by atoms with Crippen molar-refractivity contribution in [2.45, 2.75) is 63.7 Å². The van der Waals surface area contributed by atoms with Crippen molar-refractivity contribution in [3.8, 4) is 5.75 Å². The highest BCUT2D eigenvalue weighted by Crippen LogP contribution is 2.38. The molecule has 10 heteroatoms. The Hall–Kier alpha value is -1.91. The van der Waals surface area contributed by atoms with E-state index in [1.807, 2.05) is 0 Å². The van der Waals surface area contributed by atoms with Crippen molar-refractivity contribution in [2.75, 3.05) is 13.2 Å². The molecular formula is C20H25F3N2O4S. The van der Waals surface area contributed by atoms with Crippen LogP contribution in [0.4, 0.5) is 13.2 Å². The Kier molecular flexibility index (Phi) is 7.20. The van der Waals surface area contributed by atoms with E-state index in [9.17, 15) is 18.0 Å². The number of aliphatic hydroxyl groups is 1. The molecule has 1 heterocycles. The summed E-state index contributed by atoms with van der Waals surface area (Å²) in [5, 5.41) is 10.9. The topological polar surface area (TPSA) is 80.7 Å². The Morgan fingerprint density at radius 2 is 2.00 bits per heavy atom. The monoisotopic (exact) mass is 446 g/mol. The summed E-state index contributed by atoms with van der Waals surface area (Å²) in [7, 11) is 0. The first-order valence-corrected chi connectivity index (χ1v) is 10.6. The summed E-state index contributed by atoms with van der Waals surface area (Å²) in [5.41, 5.74) is 0.195. The molecule has 0 spiro atoms. The van der Waals surface area contributed by atoms with Crippen molar-refractivity contribution in [3.05, 3.63) is 23.0 Å². The number of fused-ring (bicyclic) bond motifs is 1. The van der Waals surface area contributed by atoms with Gasteiger partial charge in [0.25, 0.3) is 5.92 Å². The Morgan fingerprint density at radius 1 is 1.33 bits per heavy atom. The Balaban J connectivity index is 1.53. The molecule has 0 aliphatic heterocycles. The molecule has 1 fully saturated rings. The number of amides is 1. The standard InChI is InChI=1S/C20H25F3N2O4S/c1-11(24-16(27)9-26)10-28-12-3-5-13(6-4-12)29-15-8-7-14-18(17(15)21)30-19(25-14)20(2,22)23/h7-8,11-13,26H,3-6,9-10H2,1-2H3,(H,24,27)/t11-,12?,13?/m0/s1. The van der Waals surface area contributed by atoms with Crippen LogP contribution in [0.1, 0.15) is 44.5 Å². The van der Waals surface area contributed by atoms with Gasteiger partial charge in [-0.1, -0.05) is 0 Å². The number of nitrogens with zero attached hydrogens (tertiary/aromatic N) is 1. The first-order chi connectivity index (χ1) is 14.2. The highest BCUT2D eigenvalue weighted by Gasteiger charge is 2.30. The van der Waals surface area contributed by atoms with Gasteiger partial charge in [-0.15, -0.1) is 11.3 Å². The molecular weight excluding hydrogens is 421 g/mol. The number of aromatic nitrogens is 1. The minimum absolute atomic E-state index is 0.0153. The second-order valence-electron chi connectivity index (χ2n) is 7.61. The lowest BCUT2D eigenvalue weighted by molar-refractivity contribution is -0.125. The zero-order valence-corrected chi connectivity index (χ0v) is 17.6. The van der Waals surface area contributed by atoms with Crippen LogP contribution in [-0.4, -0.2) is 47.5 Å². The van der Waals surface area contributed by atoms with E-state index in [4.69, 9.17) is 14.6 Å². The van der Waals surface area contributed by atoms with E-state index < -0.39 is 29.3 Å². The van der Waals surface area contributed by atoms with E-state index in [1.54, 1.807) is 6.92 Å². The summed E-state index contributed by atoms with van der Waals surface area (Å²) in [4.78, 5) is 15.0. The fourth-order valence-electron chi connectivity index (χ4n) is 3.36. The number of rotatable bonds is 8. The van der Waals surface area contributed by atoms with Crippen molar-refractivity contribution in [1.82, 2.24) is 10.3 Å². The van der Waals surface area contributed by atoms with Crippen LogP contribution >= 0.6 is 11.3 Å². The lowest BCUT2D eigenvalue weighted by atomic mass is 9.95. The molecule has 1 saturated carbocycles. The number of benzene rings is 1. The average Bonchev–Trinajstić information content (AvgIpc) is 3.15. The predicted octanol–water partition coefficient (Wildman–Crippen LogP) is 3.75. The van der Waals surface area contributed by atoms with Gasteiger partial charge in [-0.2, -0.15) is 8.78 Å². The smallest absolute Gasteiger partial charge is 0.296 e. The fourth-order valence-corrected chi connectivity index (χ4v) is 4.28. The number of hydrogen-bond donors (Lipinski definition) is 2. The Bertz CT molecular complexity index is 879. The molecule has 1 aromatic heterocycles. The number of halogens is 3. The molecule has 0 radical (unpaired) electrons. The predicted molar refractivity (Wildman–Crippen MR) is 106 cm³/mol. The lowest BCUT2D eigenvalue weighted by Crippen LogP contribution is -2.39. The molecule has 1 aliphatic carbocycles. The van der Waals surface area contributed by atoms with Crippen molar-refractivity contribution < 1.29 is 32.5 Å². The van der Waals surface area contributed by atoms with Gasteiger partial charge in [0.05, 0.1) is 29.0 Å². The minimum Gasteiger partial charge on any atom is -0.487 e. The van der Waals surface area contributed by atoms with Gasteiger partial charge in [-0.25, -0.2) is 9.37 Å². The summed E-state index contributed by atoms with van der Waals surface area (Å²) in [6, 6.07) is 2.72. The van der Waals surface area contributed by atoms with E-state index in [2.05, 4.69) is 10.3 Å². The zero-order valence-electron chi connectivity index (χ0n) is 16.8. The summed E-state index contributed by atoms with van der Waals surface area (Å²) in [5.74, 6) is -4.18. The number of carbonyl (C=O) groups is 1. The van der Waals surface area contributed by atoms with Gasteiger partial charge < -0.3 is 19.9 Å². The SMILES string of the molecule is C[C@@H](COC1CCC(Oc2ccc3nc(C(C)(F)F)sc3c2F)CC1)NC(=O)CO. The lowest BCUT2D eigenvalue weighted by Gasteiger charge is -2.30. The molecule has 2 aromatic rings. The molecule has 1 aromatic carbocycles. The zero-order chi connectivity index (χ0) is 21.9. The molecule has 3 rings (SSSR count). The van der Waals surface area contributed by atoms with E-state index in [0.29, 0.717) is 30.8 Å². The highest BCUT2D eigenvalue weighted by atomic mass is 32.1. The summed E-state index contributed by atoms with van der Waals surface area (Å²) in [6.07, 6.45) is 2.61. The van der Waals surface area contributed by atoms with Gasteiger partial charge in [0, 0.05) is 13.0 Å². The quantitative estimate of drug-likeness (QED) is 0.646. The van der Waals surface area contributed by atoms with E-state index in [-0.39, 0.29) is 34.2 Å². The highest BCUT2D eigenvalue weighted by molar-refractivity contribution is 7.18. The second-order valence-corrected chi connectivity index (χ2v) is 8.61. The first-order valence-electron chi connectivity index (χ1n) is 9.83. The van der Waals surface area contributed by atoms with Crippen LogP contribution in [0.2, 0.25) is 0 Å². The van der Waals surface area contributed by atoms with Crippen LogP contribution in [0, 0.1) is 5.82 Å². The number of alkyl halides is 2. The van der Waals surface area contributed by atoms with E-state index in [1.165, 1.54) is 12.1 Å². The molecule has 1 aliphatic rings. The molecule has 6 nitrogen and oxygen atoms in total. The number of ether oxygens (including phenoxy) is 2. The van der Waals surface area contributed by atoms with E-state index >= 15 is 0 Å². The number of thiazole rings is 1. The Morgan fingerprint density at radius 3 is 2.63 bits per heavy atom. The maximum Gasteiger partial charge on any atom is 0.296 e. The normalized spacial score (nSPS) is 20.9. The van der Waals surface area contributed by atoms with Crippen LogP contribution in [0.15, 0.2) is 12.1 Å². The summed E-state index contributed by atoms with van der Waals surface area (Å²) < 4.78 is 53.4. The average molecular weight is 446 g/mol. The van der Waals surface area contributed by atoms with Crippen molar-refractivity contribution in [2.24, 2.45) is 0 Å². The maximum absolute atomic E-state index is 14.8. The molecule has 0 saturated heterocycles. The molecule has 0 unspecified atom stereocenters. The number of aliphatic hydroxyl groups excluding tert-OH is 1. The molecule has 2 N–H and O–H groups in total. The Labute approximate surface area is 176 Å². The van der Waals surface area contributed by atoms with Crippen LogP contribution < -0.4 is 10.1 Å². The van der Waals surface area contributed by atoms with Gasteiger partial charge >= 0.3 is 0 Å². The molecule has 0 bridgehead atoms. The second kappa shape index (κ2) is 9.49. The number of carbonyl (C=O) groups excluding carboxylic acids is 1.